The summed E-state index contributed by atoms with van der Waals surface area (Å²) in [6.45, 7) is 2.68. The third-order valence-electron chi connectivity index (χ3n) is 3.42. The van der Waals surface area contributed by atoms with Crippen molar-refractivity contribution >= 4 is 17.7 Å². The lowest BCUT2D eigenvalue weighted by Crippen LogP contribution is -2.43. The first-order valence-electron chi connectivity index (χ1n) is 7.27. The molecule has 1 atom stereocenters. The van der Waals surface area contributed by atoms with Crippen LogP contribution in [-0.2, 0) is 16.1 Å². The highest BCUT2D eigenvalue weighted by molar-refractivity contribution is 7.99. The smallest absolute Gasteiger partial charge is 0.224 e. The Morgan fingerprint density at radius 2 is 2.48 bits per heavy atom. The lowest BCUT2D eigenvalue weighted by atomic mass is 10.2. The maximum absolute atomic E-state index is 12.5. The molecule has 1 aromatic heterocycles. The monoisotopic (exact) mass is 309 g/mol. The second-order valence-corrected chi connectivity index (χ2v) is 6.21. The van der Waals surface area contributed by atoms with Crippen molar-refractivity contribution in [3.63, 3.8) is 0 Å². The fourth-order valence-electron chi connectivity index (χ4n) is 2.27. The number of nitrogens with zero attached hydrogens (tertiary/aromatic N) is 2. The van der Waals surface area contributed by atoms with Crippen LogP contribution >= 0.6 is 11.8 Å². The molecule has 1 saturated heterocycles. The summed E-state index contributed by atoms with van der Waals surface area (Å²) in [7, 11) is 1.66. The zero-order valence-electron chi connectivity index (χ0n) is 12.5. The molecule has 116 valence electrons. The summed E-state index contributed by atoms with van der Waals surface area (Å²) < 4.78 is 5.12. The highest BCUT2D eigenvalue weighted by Crippen LogP contribution is 2.12. The average Bonchev–Trinajstić information content (AvgIpc) is 2.53. The van der Waals surface area contributed by atoms with Crippen LogP contribution in [0.3, 0.4) is 0 Å². The highest BCUT2D eigenvalue weighted by Gasteiger charge is 2.21. The molecule has 1 aromatic rings. The number of ether oxygens (including phenoxy) is 1. The Hall–Kier alpha value is -1.11. The van der Waals surface area contributed by atoms with E-state index in [0.717, 1.165) is 23.7 Å². The van der Waals surface area contributed by atoms with E-state index in [1.807, 2.05) is 34.9 Å². The number of pyridine rings is 1. The molecule has 1 amide bonds. The number of methoxy groups -OCH3 is 1. The van der Waals surface area contributed by atoms with E-state index in [0.29, 0.717) is 26.1 Å². The number of hydrogen-bond donors (Lipinski definition) is 1. The van der Waals surface area contributed by atoms with Gasteiger partial charge in [-0.1, -0.05) is 6.07 Å². The van der Waals surface area contributed by atoms with Crippen molar-refractivity contribution in [1.29, 1.82) is 0 Å². The molecule has 0 aliphatic carbocycles. The van der Waals surface area contributed by atoms with Crippen molar-refractivity contribution in [2.45, 2.75) is 19.0 Å². The maximum atomic E-state index is 12.5. The van der Waals surface area contributed by atoms with Crippen LogP contribution in [0.25, 0.3) is 0 Å². The fraction of sp³-hybridized carbons (Fsp3) is 0.600. The van der Waals surface area contributed by atoms with Gasteiger partial charge in [-0.3, -0.25) is 9.78 Å². The first-order valence-corrected chi connectivity index (χ1v) is 8.43. The number of aromatic nitrogens is 1. The van der Waals surface area contributed by atoms with E-state index in [4.69, 9.17) is 4.74 Å². The molecule has 1 N–H and O–H groups in total. The minimum absolute atomic E-state index is 0.165. The molecule has 6 heteroatoms. The van der Waals surface area contributed by atoms with Crippen molar-refractivity contribution in [2.24, 2.45) is 0 Å². The molecule has 1 unspecified atom stereocenters. The highest BCUT2D eigenvalue weighted by atomic mass is 32.2. The van der Waals surface area contributed by atoms with E-state index >= 15 is 0 Å². The molecule has 0 spiro atoms. The molecular weight excluding hydrogens is 286 g/mol. The van der Waals surface area contributed by atoms with Gasteiger partial charge in [0.05, 0.1) is 18.8 Å². The summed E-state index contributed by atoms with van der Waals surface area (Å²) in [5, 5.41) is 3.41. The molecule has 0 bridgehead atoms. The molecule has 1 fully saturated rings. The summed E-state index contributed by atoms with van der Waals surface area (Å²) in [6.07, 6.45) is 2.30. The van der Waals surface area contributed by atoms with Crippen LogP contribution in [-0.4, -0.2) is 60.1 Å². The van der Waals surface area contributed by atoms with Gasteiger partial charge in [0.15, 0.2) is 0 Å². The van der Waals surface area contributed by atoms with Crippen LogP contribution < -0.4 is 5.32 Å². The normalized spacial score (nSPS) is 18.4. The van der Waals surface area contributed by atoms with Crippen molar-refractivity contribution in [2.75, 3.05) is 38.3 Å². The predicted octanol–water partition coefficient (Wildman–Crippen LogP) is 1.15. The summed E-state index contributed by atoms with van der Waals surface area (Å²) in [5.74, 6) is 2.30. The van der Waals surface area contributed by atoms with E-state index < -0.39 is 0 Å². The lowest BCUT2D eigenvalue weighted by Gasteiger charge is -2.27. The Morgan fingerprint density at radius 1 is 1.57 bits per heavy atom. The Balaban J connectivity index is 1.92. The summed E-state index contributed by atoms with van der Waals surface area (Å²) in [4.78, 5) is 18.7. The topological polar surface area (TPSA) is 54.5 Å². The van der Waals surface area contributed by atoms with E-state index in [1.165, 1.54) is 0 Å². The second-order valence-electron chi connectivity index (χ2n) is 5.06. The first-order chi connectivity index (χ1) is 10.3. The zero-order chi connectivity index (χ0) is 14.9. The van der Waals surface area contributed by atoms with Gasteiger partial charge in [0.1, 0.15) is 0 Å². The van der Waals surface area contributed by atoms with Gasteiger partial charge in [-0.25, -0.2) is 0 Å². The van der Waals surface area contributed by atoms with Crippen LogP contribution in [0.2, 0.25) is 0 Å². The molecule has 1 aliphatic heterocycles. The number of hydrogen-bond acceptors (Lipinski definition) is 5. The molecule has 5 nitrogen and oxygen atoms in total. The number of thioether (sulfide) groups is 1. The fourth-order valence-corrected chi connectivity index (χ4v) is 3.22. The Labute approximate surface area is 130 Å². The minimum Gasteiger partial charge on any atom is -0.383 e. The van der Waals surface area contributed by atoms with Crippen LogP contribution in [0.5, 0.6) is 0 Å². The lowest BCUT2D eigenvalue weighted by molar-refractivity contribution is -0.133. The van der Waals surface area contributed by atoms with Crippen LogP contribution in [0.4, 0.5) is 0 Å². The Morgan fingerprint density at radius 3 is 3.14 bits per heavy atom. The van der Waals surface area contributed by atoms with Crippen molar-refractivity contribution in [3.05, 3.63) is 30.1 Å². The Kier molecular flexibility index (Phi) is 6.99. The average molecular weight is 309 g/mol. The summed E-state index contributed by atoms with van der Waals surface area (Å²) in [6, 6.07) is 6.06. The van der Waals surface area contributed by atoms with Gasteiger partial charge >= 0.3 is 0 Å². The quantitative estimate of drug-likeness (QED) is 0.819. The zero-order valence-corrected chi connectivity index (χ0v) is 13.3. The van der Waals surface area contributed by atoms with Gasteiger partial charge in [0, 0.05) is 50.4 Å². The largest absolute Gasteiger partial charge is 0.383 e. The standard InChI is InChI=1S/C15H23N3O2S/c1-20-8-7-18(11-13-4-2-3-5-16-13)15(19)10-14-12-21-9-6-17-14/h2-5,14,17H,6-12H2,1H3. The third-order valence-corrected chi connectivity index (χ3v) is 4.55. The number of nitrogens with one attached hydrogen (secondary N) is 1. The molecule has 0 radical (unpaired) electrons. The van der Waals surface area contributed by atoms with Gasteiger partial charge in [0.25, 0.3) is 0 Å². The van der Waals surface area contributed by atoms with Crippen molar-refractivity contribution < 1.29 is 9.53 Å². The number of amides is 1. The van der Waals surface area contributed by atoms with E-state index in [-0.39, 0.29) is 11.9 Å². The van der Waals surface area contributed by atoms with E-state index in [1.54, 1.807) is 13.3 Å². The number of carbonyl (C=O) groups is 1. The first kappa shape index (κ1) is 16.3. The third kappa shape index (κ3) is 5.65. The number of rotatable bonds is 7. The van der Waals surface area contributed by atoms with E-state index in [9.17, 15) is 4.79 Å². The number of carbonyl (C=O) groups excluding carboxylic acids is 1. The van der Waals surface area contributed by atoms with Gasteiger partial charge in [-0.15, -0.1) is 0 Å². The maximum Gasteiger partial charge on any atom is 0.224 e. The molecule has 0 aromatic carbocycles. The summed E-state index contributed by atoms with van der Waals surface area (Å²) >= 11 is 1.91. The van der Waals surface area contributed by atoms with Gasteiger partial charge < -0.3 is 15.0 Å². The Bertz CT molecular complexity index is 424. The van der Waals surface area contributed by atoms with Crippen molar-refractivity contribution in [3.8, 4) is 0 Å². The van der Waals surface area contributed by atoms with Crippen molar-refractivity contribution in [1.82, 2.24) is 15.2 Å². The van der Waals surface area contributed by atoms with Gasteiger partial charge in [-0.05, 0) is 12.1 Å². The predicted molar refractivity (Wildman–Crippen MR) is 85.3 cm³/mol. The van der Waals surface area contributed by atoms with Crippen LogP contribution in [0.1, 0.15) is 12.1 Å². The molecular formula is C15H23N3O2S. The second kappa shape index (κ2) is 9.02. The molecule has 2 heterocycles. The minimum atomic E-state index is 0.165. The SMILES string of the molecule is COCCN(Cc1ccccn1)C(=O)CC1CSCCN1. The van der Waals surface area contributed by atoms with Crippen LogP contribution in [0.15, 0.2) is 24.4 Å². The van der Waals surface area contributed by atoms with Gasteiger partial charge in [0.2, 0.25) is 5.91 Å². The van der Waals surface area contributed by atoms with E-state index in [2.05, 4.69) is 10.3 Å². The van der Waals surface area contributed by atoms with Gasteiger partial charge in [-0.2, -0.15) is 11.8 Å². The molecule has 0 saturated carbocycles. The summed E-state index contributed by atoms with van der Waals surface area (Å²) in [5.41, 5.74) is 0.910. The molecule has 1 aliphatic rings. The molecule has 2 rings (SSSR count). The molecule has 21 heavy (non-hydrogen) atoms. The van der Waals surface area contributed by atoms with Crippen LogP contribution in [0, 0.1) is 0 Å².